The van der Waals surface area contributed by atoms with Crippen LogP contribution < -0.4 is 4.80 Å². The normalized spacial score (nSPS) is 12.0. The fraction of sp³-hybridized carbons (Fsp3) is 0.167. The van der Waals surface area contributed by atoms with Gasteiger partial charge in [-0.2, -0.15) is 10.2 Å². The number of hydrogen-bond donors (Lipinski definition) is 0. The summed E-state index contributed by atoms with van der Waals surface area (Å²) in [6, 6.07) is 28.9. The Morgan fingerprint density at radius 2 is 1.61 bits per heavy atom. The van der Waals surface area contributed by atoms with Gasteiger partial charge in [-0.1, -0.05) is 91.7 Å². The van der Waals surface area contributed by atoms with Crippen LogP contribution in [0.4, 0.5) is 0 Å². The molecular formula is C30H29N5S. The Labute approximate surface area is 215 Å². The van der Waals surface area contributed by atoms with E-state index in [1.807, 2.05) is 58.2 Å². The molecule has 0 atom stereocenters. The zero-order valence-corrected chi connectivity index (χ0v) is 21.4. The number of nitrogens with zero attached hydrogens (tertiary/aromatic N) is 5. The van der Waals surface area contributed by atoms with Crippen LogP contribution in [0.2, 0.25) is 0 Å². The van der Waals surface area contributed by atoms with E-state index in [1.54, 1.807) is 11.3 Å². The molecule has 36 heavy (non-hydrogen) atoms. The summed E-state index contributed by atoms with van der Waals surface area (Å²) >= 11 is 1.63. The zero-order chi connectivity index (χ0) is 24.7. The number of rotatable bonds is 8. The maximum absolute atomic E-state index is 4.96. The summed E-state index contributed by atoms with van der Waals surface area (Å²) in [6.45, 7) is 5.08. The molecule has 2 heterocycles. The van der Waals surface area contributed by atoms with Crippen molar-refractivity contribution >= 4 is 17.6 Å². The minimum Gasteiger partial charge on any atom is -0.257 e. The molecule has 5 nitrogen and oxygen atoms in total. The van der Waals surface area contributed by atoms with E-state index in [-0.39, 0.29) is 0 Å². The number of benzene rings is 3. The van der Waals surface area contributed by atoms with E-state index in [1.165, 1.54) is 5.56 Å². The average Bonchev–Trinajstić information content (AvgIpc) is 3.53. The molecular weight excluding hydrogens is 462 g/mol. The molecule has 0 aliphatic rings. The molecule has 0 spiro atoms. The van der Waals surface area contributed by atoms with Crippen LogP contribution in [0.25, 0.3) is 28.2 Å². The van der Waals surface area contributed by atoms with Gasteiger partial charge < -0.3 is 0 Å². The van der Waals surface area contributed by atoms with Gasteiger partial charge in [-0.15, -0.1) is 11.3 Å². The first-order chi connectivity index (χ1) is 17.7. The Balaban J connectivity index is 1.61. The molecule has 0 radical (unpaired) electrons. The molecule has 5 aromatic rings. The first-order valence-corrected chi connectivity index (χ1v) is 13.1. The smallest absolute Gasteiger partial charge is 0.206 e. The highest BCUT2D eigenvalue weighted by molar-refractivity contribution is 7.07. The predicted octanol–water partition coefficient (Wildman–Crippen LogP) is 6.96. The molecule has 180 valence electrons. The van der Waals surface area contributed by atoms with Crippen LogP contribution in [-0.4, -0.2) is 27.2 Å². The van der Waals surface area contributed by atoms with E-state index in [4.69, 9.17) is 15.2 Å². The van der Waals surface area contributed by atoms with Crippen molar-refractivity contribution in [2.45, 2.75) is 26.7 Å². The first-order valence-electron chi connectivity index (χ1n) is 12.3. The number of aromatic nitrogens is 3. The number of hydrogen-bond acceptors (Lipinski definition) is 4. The number of aryl methyl sites for hydroxylation is 1. The van der Waals surface area contributed by atoms with Crippen molar-refractivity contribution in [3.8, 4) is 28.2 Å². The van der Waals surface area contributed by atoms with Crippen LogP contribution in [0, 0.1) is 6.92 Å². The molecule has 2 aromatic heterocycles. The van der Waals surface area contributed by atoms with Gasteiger partial charge in [0.2, 0.25) is 4.80 Å². The molecule has 0 aliphatic heterocycles. The lowest BCUT2D eigenvalue weighted by Gasteiger charge is -2.04. The molecule has 0 N–H and O–H groups in total. The van der Waals surface area contributed by atoms with Gasteiger partial charge in [-0.05, 0) is 25.5 Å². The Morgan fingerprint density at radius 3 is 2.33 bits per heavy atom. The fourth-order valence-electron chi connectivity index (χ4n) is 3.91. The third-order valence-electron chi connectivity index (χ3n) is 5.91. The van der Waals surface area contributed by atoms with Crippen LogP contribution in [0.15, 0.2) is 107 Å². The molecule has 0 bridgehead atoms. The van der Waals surface area contributed by atoms with Gasteiger partial charge in [0.05, 0.1) is 17.6 Å². The van der Waals surface area contributed by atoms with Gasteiger partial charge in [-0.25, -0.2) is 9.36 Å². The number of unbranched alkanes of at least 4 members (excludes halogenated alkanes) is 1. The molecule has 0 saturated carbocycles. The minimum atomic E-state index is 0.793. The lowest BCUT2D eigenvalue weighted by molar-refractivity contribution is 0.764. The van der Waals surface area contributed by atoms with Crippen molar-refractivity contribution in [2.24, 2.45) is 10.1 Å². The van der Waals surface area contributed by atoms with Gasteiger partial charge in [0.25, 0.3) is 0 Å². The summed E-state index contributed by atoms with van der Waals surface area (Å²) in [7, 11) is 0. The highest BCUT2D eigenvalue weighted by Crippen LogP contribution is 2.24. The maximum atomic E-state index is 4.96. The van der Waals surface area contributed by atoms with Crippen molar-refractivity contribution < 1.29 is 0 Å². The van der Waals surface area contributed by atoms with Gasteiger partial charge >= 0.3 is 0 Å². The van der Waals surface area contributed by atoms with Crippen LogP contribution in [-0.2, 0) is 0 Å². The van der Waals surface area contributed by atoms with Crippen LogP contribution in [0.5, 0.6) is 0 Å². The van der Waals surface area contributed by atoms with Gasteiger partial charge in [-0.3, -0.25) is 4.99 Å². The molecule has 0 aliphatic carbocycles. The first kappa shape index (κ1) is 23.7. The molecule has 0 amide bonds. The maximum Gasteiger partial charge on any atom is 0.206 e. The Morgan fingerprint density at radius 1 is 0.889 bits per heavy atom. The van der Waals surface area contributed by atoms with Crippen LogP contribution >= 0.6 is 11.3 Å². The van der Waals surface area contributed by atoms with Crippen molar-refractivity contribution in [3.05, 3.63) is 112 Å². The van der Waals surface area contributed by atoms with Gasteiger partial charge in [0, 0.05) is 34.8 Å². The van der Waals surface area contributed by atoms with E-state index >= 15 is 0 Å². The van der Waals surface area contributed by atoms with E-state index in [9.17, 15) is 0 Å². The summed E-state index contributed by atoms with van der Waals surface area (Å²) in [5, 5.41) is 12.0. The highest BCUT2D eigenvalue weighted by Gasteiger charge is 2.12. The van der Waals surface area contributed by atoms with E-state index in [2.05, 4.69) is 67.8 Å². The standard InChI is InChI=1S/C30H29N5S/c1-3-4-19-31-30-35(28(22-36-30)24-17-15-23(2)16-18-24)32-20-26-21-34(27-13-9-6-10-14-27)33-29(26)25-11-7-5-8-12-25/h5-18,20-22H,3-4,19H2,1-2H3. The lowest BCUT2D eigenvalue weighted by atomic mass is 10.1. The van der Waals surface area contributed by atoms with Crippen molar-refractivity contribution in [3.63, 3.8) is 0 Å². The monoisotopic (exact) mass is 491 g/mol. The molecule has 6 heteroatoms. The molecule has 0 saturated heterocycles. The number of para-hydroxylation sites is 1. The Bertz CT molecular complexity index is 1510. The topological polar surface area (TPSA) is 47.5 Å². The largest absolute Gasteiger partial charge is 0.257 e. The fourth-order valence-corrected chi connectivity index (χ4v) is 4.77. The van der Waals surface area contributed by atoms with Gasteiger partial charge in [0.1, 0.15) is 5.69 Å². The zero-order valence-electron chi connectivity index (χ0n) is 20.6. The summed E-state index contributed by atoms with van der Waals surface area (Å²) in [6.07, 6.45) is 6.11. The van der Waals surface area contributed by atoms with Crippen molar-refractivity contribution in [2.75, 3.05) is 6.54 Å². The van der Waals surface area contributed by atoms with E-state index in [0.29, 0.717) is 0 Å². The molecule has 5 rings (SSSR count). The third-order valence-corrected chi connectivity index (χ3v) is 6.77. The minimum absolute atomic E-state index is 0.793. The highest BCUT2D eigenvalue weighted by atomic mass is 32.1. The van der Waals surface area contributed by atoms with Crippen LogP contribution in [0.1, 0.15) is 30.9 Å². The van der Waals surface area contributed by atoms with E-state index < -0.39 is 0 Å². The molecule has 3 aromatic carbocycles. The summed E-state index contributed by atoms with van der Waals surface area (Å²) in [5.41, 5.74) is 7.28. The van der Waals surface area contributed by atoms with Gasteiger partial charge in [0.15, 0.2) is 0 Å². The molecule has 0 unspecified atom stereocenters. The molecule has 0 fully saturated rings. The predicted molar refractivity (Wildman–Crippen MR) is 150 cm³/mol. The lowest BCUT2D eigenvalue weighted by Crippen LogP contribution is -2.12. The van der Waals surface area contributed by atoms with Crippen molar-refractivity contribution in [1.82, 2.24) is 14.5 Å². The summed E-state index contributed by atoms with van der Waals surface area (Å²) in [5.74, 6) is 0. The van der Waals surface area contributed by atoms with Crippen LogP contribution in [0.3, 0.4) is 0 Å². The van der Waals surface area contributed by atoms with E-state index in [0.717, 1.165) is 58.0 Å². The second-order valence-corrected chi connectivity index (χ2v) is 9.48. The number of thiazole rings is 1. The SMILES string of the molecule is CCCCN=c1scc(-c2ccc(C)cc2)n1N=Cc1cn(-c2ccccc2)nc1-c1ccccc1. The second-order valence-electron chi connectivity index (χ2n) is 8.64. The van der Waals surface area contributed by atoms with Crippen molar-refractivity contribution in [1.29, 1.82) is 0 Å². The Hall–Kier alpha value is -4.03. The Kier molecular flexibility index (Phi) is 7.33. The third kappa shape index (κ3) is 5.29. The second kappa shape index (κ2) is 11.1. The average molecular weight is 492 g/mol. The summed E-state index contributed by atoms with van der Waals surface area (Å²) in [4.78, 5) is 5.75. The summed E-state index contributed by atoms with van der Waals surface area (Å²) < 4.78 is 3.87. The quantitative estimate of drug-likeness (QED) is 0.171.